The zero-order valence-corrected chi connectivity index (χ0v) is 20.5. The van der Waals surface area contributed by atoms with E-state index in [-0.39, 0.29) is 29.8 Å². The quantitative estimate of drug-likeness (QED) is 0.401. The molecule has 9 nitrogen and oxygen atoms in total. The van der Waals surface area contributed by atoms with Gasteiger partial charge in [-0.3, -0.25) is 9.69 Å². The van der Waals surface area contributed by atoms with Crippen molar-refractivity contribution in [1.82, 2.24) is 30.0 Å². The summed E-state index contributed by atoms with van der Waals surface area (Å²) in [7, 11) is 0. The third kappa shape index (κ3) is 4.48. The summed E-state index contributed by atoms with van der Waals surface area (Å²) in [4.78, 5) is 37.0. The standard InChI is InChI=1S/C26H26N6O3S/c33-22(16-36-25-28-24-23(29-30-25)20-8-4-5-9-21(20)27-24)31-12-10-18(11-13-31)32-19(15-35-26(32)34)14-17-6-2-1-3-7-17/h1-9,18-19H,10-16H2,(H,27,28,30)/t19-/m1/s1. The van der Waals surface area contributed by atoms with Gasteiger partial charge in [0, 0.05) is 30.0 Å². The van der Waals surface area contributed by atoms with E-state index in [9.17, 15) is 9.59 Å². The van der Waals surface area contributed by atoms with E-state index in [1.165, 1.54) is 17.3 Å². The number of H-pyrrole nitrogens is 1. The van der Waals surface area contributed by atoms with Crippen LogP contribution in [0.4, 0.5) is 4.79 Å². The predicted molar refractivity (Wildman–Crippen MR) is 137 cm³/mol. The van der Waals surface area contributed by atoms with E-state index >= 15 is 0 Å². The molecule has 1 atom stereocenters. The fourth-order valence-electron chi connectivity index (χ4n) is 5.14. The molecule has 0 unspecified atom stereocenters. The summed E-state index contributed by atoms with van der Waals surface area (Å²) in [5, 5.41) is 9.99. The predicted octanol–water partition coefficient (Wildman–Crippen LogP) is 3.65. The van der Waals surface area contributed by atoms with Crippen LogP contribution < -0.4 is 0 Å². The number of ether oxygens (including phenoxy) is 1. The average molecular weight is 503 g/mol. The molecule has 2 aliphatic heterocycles. The Labute approximate surface area is 212 Å². The Bertz CT molecular complexity index is 1400. The summed E-state index contributed by atoms with van der Waals surface area (Å²) in [6, 6.07) is 18.2. The van der Waals surface area contributed by atoms with Gasteiger partial charge in [-0.05, 0) is 30.9 Å². The Morgan fingerprint density at radius 1 is 1.06 bits per heavy atom. The number of nitrogens with zero attached hydrogens (tertiary/aromatic N) is 5. The lowest BCUT2D eigenvalue weighted by Crippen LogP contribution is -2.50. The number of aromatic amines is 1. The largest absolute Gasteiger partial charge is 0.447 e. The second-order valence-corrected chi connectivity index (χ2v) is 10.1. The number of likely N-dealkylation sites (tertiary alicyclic amines) is 1. The van der Waals surface area contributed by atoms with Crippen molar-refractivity contribution in [3.63, 3.8) is 0 Å². The van der Waals surface area contributed by atoms with Crippen LogP contribution in [0.2, 0.25) is 0 Å². The van der Waals surface area contributed by atoms with Crippen LogP contribution in [-0.4, -0.2) is 79.5 Å². The van der Waals surface area contributed by atoms with Gasteiger partial charge in [0.15, 0.2) is 5.65 Å². The van der Waals surface area contributed by atoms with Gasteiger partial charge in [0.25, 0.3) is 0 Å². The summed E-state index contributed by atoms with van der Waals surface area (Å²) < 4.78 is 5.40. The van der Waals surface area contributed by atoms with Gasteiger partial charge in [-0.25, -0.2) is 9.78 Å². The number of benzene rings is 2. The molecule has 2 aromatic heterocycles. The number of carbonyl (C=O) groups excluding carboxylic acids is 2. The molecule has 2 amide bonds. The molecule has 0 radical (unpaired) electrons. The van der Waals surface area contributed by atoms with Crippen molar-refractivity contribution in [1.29, 1.82) is 0 Å². The van der Waals surface area contributed by atoms with Crippen LogP contribution in [0.15, 0.2) is 59.8 Å². The van der Waals surface area contributed by atoms with Crippen molar-refractivity contribution >= 4 is 45.8 Å². The van der Waals surface area contributed by atoms with E-state index in [1.54, 1.807) is 0 Å². The molecule has 2 aliphatic rings. The number of carbonyl (C=O) groups is 2. The first-order valence-electron chi connectivity index (χ1n) is 12.2. The van der Waals surface area contributed by atoms with Crippen LogP contribution in [0.1, 0.15) is 18.4 Å². The molecule has 2 saturated heterocycles. The van der Waals surface area contributed by atoms with Gasteiger partial charge in [0.05, 0.1) is 11.8 Å². The third-order valence-electron chi connectivity index (χ3n) is 6.96. The average Bonchev–Trinajstić information content (AvgIpc) is 3.47. The highest BCUT2D eigenvalue weighted by atomic mass is 32.2. The van der Waals surface area contributed by atoms with Gasteiger partial charge in [-0.1, -0.05) is 60.3 Å². The molecule has 6 rings (SSSR count). The van der Waals surface area contributed by atoms with Crippen LogP contribution in [0.5, 0.6) is 0 Å². The lowest BCUT2D eigenvalue weighted by molar-refractivity contribution is -0.129. The fraction of sp³-hybridized carbons (Fsp3) is 0.346. The molecule has 0 saturated carbocycles. The SMILES string of the molecule is O=C(CSc1nnc2c(n1)[nH]c1ccccc12)N1CCC(N2C(=O)OC[C@H]2Cc2ccccc2)CC1. The summed E-state index contributed by atoms with van der Waals surface area (Å²) >= 11 is 1.29. The summed E-state index contributed by atoms with van der Waals surface area (Å²) in [5.74, 6) is 0.295. The molecule has 2 fully saturated rings. The minimum Gasteiger partial charge on any atom is -0.447 e. The maximum Gasteiger partial charge on any atom is 0.410 e. The highest BCUT2D eigenvalue weighted by molar-refractivity contribution is 7.99. The van der Waals surface area contributed by atoms with E-state index in [0.717, 1.165) is 35.7 Å². The molecule has 1 N–H and O–H groups in total. The molecule has 0 bridgehead atoms. The molecule has 10 heteroatoms. The van der Waals surface area contributed by atoms with Crippen LogP contribution in [0.25, 0.3) is 22.1 Å². The highest BCUT2D eigenvalue weighted by Gasteiger charge is 2.39. The minimum absolute atomic E-state index is 0.0342. The summed E-state index contributed by atoms with van der Waals surface area (Å²) in [6.07, 6.45) is 2.02. The minimum atomic E-state index is -0.242. The highest BCUT2D eigenvalue weighted by Crippen LogP contribution is 2.27. The fourth-order valence-corrected chi connectivity index (χ4v) is 5.83. The summed E-state index contributed by atoms with van der Waals surface area (Å²) in [5.41, 5.74) is 3.56. The number of amides is 2. The second kappa shape index (κ2) is 9.77. The molecular weight excluding hydrogens is 476 g/mol. The number of rotatable bonds is 6. The third-order valence-corrected chi connectivity index (χ3v) is 7.78. The van der Waals surface area contributed by atoms with Crippen LogP contribution >= 0.6 is 11.8 Å². The Balaban J connectivity index is 1.04. The lowest BCUT2D eigenvalue weighted by Gasteiger charge is -2.37. The zero-order chi connectivity index (χ0) is 24.5. The number of hydrogen-bond donors (Lipinski definition) is 1. The van der Waals surface area contributed by atoms with E-state index in [0.29, 0.717) is 30.5 Å². The number of hydrogen-bond acceptors (Lipinski definition) is 7. The topological polar surface area (TPSA) is 104 Å². The molecule has 2 aromatic carbocycles. The monoisotopic (exact) mass is 502 g/mol. The van der Waals surface area contributed by atoms with E-state index < -0.39 is 0 Å². The number of aromatic nitrogens is 4. The normalized spacial score (nSPS) is 18.8. The Morgan fingerprint density at radius 2 is 1.83 bits per heavy atom. The van der Waals surface area contributed by atoms with Crippen LogP contribution in [0.3, 0.4) is 0 Å². The van der Waals surface area contributed by atoms with Gasteiger partial charge < -0.3 is 14.6 Å². The van der Waals surface area contributed by atoms with Crippen LogP contribution in [0, 0.1) is 0 Å². The van der Waals surface area contributed by atoms with Crippen molar-refractivity contribution in [2.45, 2.75) is 36.5 Å². The molecule has 0 aliphatic carbocycles. The first kappa shape index (κ1) is 22.8. The number of cyclic esters (lactones) is 1. The number of thioether (sulfide) groups is 1. The van der Waals surface area contributed by atoms with E-state index in [2.05, 4.69) is 32.3 Å². The summed E-state index contributed by atoms with van der Waals surface area (Å²) in [6.45, 7) is 1.65. The first-order chi connectivity index (χ1) is 17.7. The van der Waals surface area contributed by atoms with Crippen molar-refractivity contribution < 1.29 is 14.3 Å². The lowest BCUT2D eigenvalue weighted by atomic mass is 9.99. The maximum atomic E-state index is 12.9. The van der Waals surface area contributed by atoms with E-state index in [1.807, 2.05) is 52.3 Å². The van der Waals surface area contributed by atoms with Gasteiger partial charge in [-0.15, -0.1) is 10.2 Å². The molecule has 0 spiro atoms. The van der Waals surface area contributed by atoms with Gasteiger partial charge in [0.1, 0.15) is 12.1 Å². The first-order valence-corrected chi connectivity index (χ1v) is 13.1. The molecule has 4 aromatic rings. The van der Waals surface area contributed by atoms with Gasteiger partial charge >= 0.3 is 6.09 Å². The van der Waals surface area contributed by atoms with Crippen LogP contribution in [-0.2, 0) is 16.0 Å². The Morgan fingerprint density at radius 3 is 2.67 bits per heavy atom. The second-order valence-electron chi connectivity index (χ2n) is 9.19. The molecular formula is C26H26N6O3S. The molecule has 184 valence electrons. The van der Waals surface area contributed by atoms with E-state index in [4.69, 9.17) is 4.74 Å². The van der Waals surface area contributed by atoms with Crippen molar-refractivity contribution in [3.05, 3.63) is 60.2 Å². The number of para-hydroxylation sites is 1. The zero-order valence-electron chi connectivity index (χ0n) is 19.7. The Kier molecular flexibility index (Phi) is 6.18. The van der Waals surface area contributed by atoms with Crippen molar-refractivity contribution in [2.24, 2.45) is 0 Å². The van der Waals surface area contributed by atoms with Gasteiger partial charge in [0.2, 0.25) is 11.1 Å². The van der Waals surface area contributed by atoms with Crippen molar-refractivity contribution in [3.8, 4) is 0 Å². The molecule has 36 heavy (non-hydrogen) atoms. The number of fused-ring (bicyclic) bond motifs is 3. The number of piperidine rings is 1. The Hall–Kier alpha value is -3.66. The maximum absolute atomic E-state index is 12.9. The molecule has 4 heterocycles. The number of nitrogens with one attached hydrogen (secondary N) is 1. The van der Waals surface area contributed by atoms with Crippen molar-refractivity contribution in [2.75, 3.05) is 25.4 Å². The smallest absolute Gasteiger partial charge is 0.410 e. The van der Waals surface area contributed by atoms with Gasteiger partial charge in [-0.2, -0.15) is 0 Å².